The van der Waals surface area contributed by atoms with E-state index in [1.165, 1.54) is 0 Å². The van der Waals surface area contributed by atoms with Crippen molar-refractivity contribution in [1.29, 1.82) is 0 Å². The Morgan fingerprint density at radius 1 is 1.60 bits per heavy atom. The standard InChI is InChI=1S/C9H15N.H2/c1-5-7-9(6-2)8(3)10-4;/h5-8,10H,1-2H2,3-4H3;1H/b9-7+;/t8-;/m1./s1. The minimum Gasteiger partial charge on any atom is -0.313 e. The Bertz CT molecular complexity index is 150. The summed E-state index contributed by atoms with van der Waals surface area (Å²) in [4.78, 5) is 0. The second-order valence-corrected chi connectivity index (χ2v) is 2.12. The smallest absolute Gasteiger partial charge is 0.0288 e. The Hall–Kier alpha value is -0.820. The first kappa shape index (κ1) is 9.18. The van der Waals surface area contributed by atoms with Gasteiger partial charge in [0, 0.05) is 7.47 Å². The van der Waals surface area contributed by atoms with Crippen LogP contribution in [0.3, 0.4) is 0 Å². The highest BCUT2D eigenvalue weighted by molar-refractivity contribution is 5.25. The molecule has 0 fully saturated rings. The fraction of sp³-hybridized carbons (Fsp3) is 0.333. The van der Waals surface area contributed by atoms with Crippen molar-refractivity contribution in [1.82, 2.24) is 5.32 Å². The van der Waals surface area contributed by atoms with Crippen molar-refractivity contribution in [3.05, 3.63) is 37.0 Å². The van der Waals surface area contributed by atoms with Crippen LogP contribution in [0.5, 0.6) is 0 Å². The van der Waals surface area contributed by atoms with Gasteiger partial charge in [0.15, 0.2) is 0 Å². The van der Waals surface area contributed by atoms with Crippen molar-refractivity contribution in [2.75, 3.05) is 7.05 Å². The number of likely N-dealkylation sites (N-methyl/N-ethyl adjacent to an activating group) is 1. The van der Waals surface area contributed by atoms with Crippen LogP contribution in [0.1, 0.15) is 8.35 Å². The van der Waals surface area contributed by atoms with Crippen molar-refractivity contribution in [2.45, 2.75) is 13.0 Å². The van der Waals surface area contributed by atoms with Crippen molar-refractivity contribution in [3.63, 3.8) is 0 Å². The normalized spacial score (nSPS) is 14.4. The zero-order chi connectivity index (χ0) is 7.98. The molecule has 0 aromatic heterocycles. The molecule has 0 spiro atoms. The van der Waals surface area contributed by atoms with E-state index in [0.717, 1.165) is 5.57 Å². The number of allylic oxidation sites excluding steroid dienone is 2. The SMILES string of the molecule is C=C/C=C(\C=C)[C@@H](C)NC.[HH]. The van der Waals surface area contributed by atoms with E-state index in [1.54, 1.807) is 6.08 Å². The lowest BCUT2D eigenvalue weighted by molar-refractivity contribution is 0.706. The fourth-order valence-corrected chi connectivity index (χ4v) is 0.692. The molecule has 0 aromatic rings. The van der Waals surface area contributed by atoms with Gasteiger partial charge < -0.3 is 5.32 Å². The van der Waals surface area contributed by atoms with Gasteiger partial charge in [-0.05, 0) is 19.5 Å². The Morgan fingerprint density at radius 3 is 2.50 bits per heavy atom. The van der Waals surface area contributed by atoms with Crippen LogP contribution in [0.4, 0.5) is 0 Å². The van der Waals surface area contributed by atoms with Gasteiger partial charge in [0.2, 0.25) is 0 Å². The minimum absolute atomic E-state index is 0. The molecule has 1 nitrogen and oxygen atoms in total. The summed E-state index contributed by atoms with van der Waals surface area (Å²) in [5.41, 5.74) is 1.16. The average Bonchev–Trinajstić information content (AvgIpc) is 1.99. The topological polar surface area (TPSA) is 12.0 Å². The van der Waals surface area contributed by atoms with E-state index >= 15 is 0 Å². The van der Waals surface area contributed by atoms with Crippen LogP contribution in [0, 0.1) is 0 Å². The first-order valence-electron chi connectivity index (χ1n) is 3.38. The monoisotopic (exact) mass is 139 g/mol. The number of nitrogens with one attached hydrogen (secondary N) is 1. The molecule has 1 heteroatoms. The van der Waals surface area contributed by atoms with E-state index in [9.17, 15) is 0 Å². The quantitative estimate of drug-likeness (QED) is 0.588. The van der Waals surface area contributed by atoms with Gasteiger partial charge in [0.05, 0.1) is 0 Å². The maximum absolute atomic E-state index is 3.69. The third-order valence-corrected chi connectivity index (χ3v) is 1.48. The fourth-order valence-electron chi connectivity index (χ4n) is 0.692. The van der Waals surface area contributed by atoms with Crippen LogP contribution >= 0.6 is 0 Å². The first-order chi connectivity index (χ1) is 4.76. The summed E-state index contributed by atoms with van der Waals surface area (Å²) in [5.74, 6) is 0. The van der Waals surface area contributed by atoms with Gasteiger partial charge >= 0.3 is 0 Å². The third-order valence-electron chi connectivity index (χ3n) is 1.48. The Morgan fingerprint density at radius 2 is 2.20 bits per heavy atom. The van der Waals surface area contributed by atoms with Gasteiger partial charge in [-0.25, -0.2) is 0 Å². The molecule has 0 heterocycles. The highest BCUT2D eigenvalue weighted by Gasteiger charge is 1.98. The Labute approximate surface area is 64.6 Å². The zero-order valence-corrected chi connectivity index (χ0v) is 6.72. The van der Waals surface area contributed by atoms with E-state index in [4.69, 9.17) is 0 Å². The van der Waals surface area contributed by atoms with Crippen LogP contribution < -0.4 is 5.32 Å². The summed E-state index contributed by atoms with van der Waals surface area (Å²) in [6.07, 6.45) is 5.56. The first-order valence-corrected chi connectivity index (χ1v) is 3.38. The van der Waals surface area contributed by atoms with Crippen molar-refractivity contribution in [2.24, 2.45) is 0 Å². The molecule has 0 unspecified atom stereocenters. The summed E-state index contributed by atoms with van der Waals surface area (Å²) >= 11 is 0. The maximum Gasteiger partial charge on any atom is 0.0288 e. The van der Waals surface area contributed by atoms with Crippen LogP contribution in [0.25, 0.3) is 0 Å². The highest BCUT2D eigenvalue weighted by atomic mass is 14.9. The molecule has 1 N–H and O–H groups in total. The van der Waals surface area contributed by atoms with Gasteiger partial charge in [0.1, 0.15) is 0 Å². The summed E-state index contributed by atoms with van der Waals surface area (Å²) < 4.78 is 0. The largest absolute Gasteiger partial charge is 0.313 e. The summed E-state index contributed by atoms with van der Waals surface area (Å²) in [6, 6.07) is 0.357. The van der Waals surface area contributed by atoms with Crippen molar-refractivity contribution < 1.29 is 1.43 Å². The predicted octanol–water partition coefficient (Wildman–Crippen LogP) is 2.14. The Balaban J connectivity index is 0. The summed E-state index contributed by atoms with van der Waals surface area (Å²) in [6.45, 7) is 9.39. The highest BCUT2D eigenvalue weighted by Crippen LogP contribution is 2.01. The molecule has 58 valence electrons. The molecule has 0 radical (unpaired) electrons. The van der Waals surface area contributed by atoms with E-state index in [2.05, 4.69) is 25.4 Å². The summed E-state index contributed by atoms with van der Waals surface area (Å²) in [7, 11) is 1.92. The molecule has 0 aliphatic heterocycles. The molecular weight excluding hydrogens is 122 g/mol. The molecule has 0 saturated carbocycles. The van der Waals surface area contributed by atoms with E-state index in [0.29, 0.717) is 6.04 Å². The molecule has 0 aliphatic carbocycles. The predicted molar refractivity (Wildman–Crippen MR) is 49.1 cm³/mol. The second-order valence-electron chi connectivity index (χ2n) is 2.12. The lowest BCUT2D eigenvalue weighted by Gasteiger charge is -2.09. The number of hydrogen-bond donors (Lipinski definition) is 1. The van der Waals surface area contributed by atoms with E-state index in [1.807, 2.05) is 19.2 Å². The number of hydrogen-bond acceptors (Lipinski definition) is 1. The third kappa shape index (κ3) is 2.65. The van der Waals surface area contributed by atoms with Gasteiger partial charge in [-0.3, -0.25) is 0 Å². The van der Waals surface area contributed by atoms with Crippen molar-refractivity contribution >= 4 is 0 Å². The lowest BCUT2D eigenvalue weighted by Crippen LogP contribution is -2.22. The molecule has 0 aliphatic rings. The lowest BCUT2D eigenvalue weighted by atomic mass is 10.1. The van der Waals surface area contributed by atoms with E-state index < -0.39 is 0 Å². The zero-order valence-electron chi connectivity index (χ0n) is 6.72. The van der Waals surface area contributed by atoms with Gasteiger partial charge in [-0.2, -0.15) is 0 Å². The molecule has 0 amide bonds. The van der Waals surface area contributed by atoms with Crippen LogP contribution in [0.2, 0.25) is 0 Å². The molecule has 0 saturated heterocycles. The van der Waals surface area contributed by atoms with Crippen LogP contribution in [-0.4, -0.2) is 13.1 Å². The summed E-state index contributed by atoms with van der Waals surface area (Å²) in [5, 5.41) is 3.11. The average molecular weight is 139 g/mol. The molecular formula is C9H17N. The molecule has 1 atom stereocenters. The van der Waals surface area contributed by atoms with Crippen LogP contribution in [-0.2, 0) is 0 Å². The second kappa shape index (κ2) is 5.00. The number of rotatable bonds is 4. The van der Waals surface area contributed by atoms with Crippen molar-refractivity contribution in [3.8, 4) is 0 Å². The maximum atomic E-state index is 3.69. The minimum atomic E-state index is 0. The van der Waals surface area contributed by atoms with Gasteiger partial charge in [-0.15, -0.1) is 0 Å². The van der Waals surface area contributed by atoms with Gasteiger partial charge in [-0.1, -0.05) is 31.4 Å². The molecule has 0 aromatic carbocycles. The Kier molecular flexibility index (Phi) is 4.59. The van der Waals surface area contributed by atoms with Crippen LogP contribution in [0.15, 0.2) is 37.0 Å². The molecule has 0 rings (SSSR count). The molecule has 0 bridgehead atoms. The van der Waals surface area contributed by atoms with E-state index in [-0.39, 0.29) is 1.43 Å². The van der Waals surface area contributed by atoms with Gasteiger partial charge in [0.25, 0.3) is 0 Å². The molecule has 10 heavy (non-hydrogen) atoms.